The van der Waals surface area contributed by atoms with E-state index in [-0.39, 0.29) is 43.8 Å². The number of nitrogens with zero attached hydrogens (tertiary/aromatic N) is 2. The summed E-state index contributed by atoms with van der Waals surface area (Å²) in [6.07, 6.45) is 7.56. The average Bonchev–Trinajstić information content (AvgIpc) is 3.04. The number of amides is 3. The summed E-state index contributed by atoms with van der Waals surface area (Å²) in [5, 5.41) is 12.1. The van der Waals surface area contributed by atoms with Crippen LogP contribution in [0.4, 0.5) is 11.4 Å². The van der Waals surface area contributed by atoms with Crippen molar-refractivity contribution in [2.24, 2.45) is 11.5 Å². The van der Waals surface area contributed by atoms with E-state index in [4.69, 9.17) is 11.5 Å². The third-order valence-corrected chi connectivity index (χ3v) is 7.17. The zero-order valence-corrected chi connectivity index (χ0v) is 23.8. The number of nitrogens with two attached hydrogens (primary N) is 2. The van der Waals surface area contributed by atoms with Crippen molar-refractivity contribution in [3.8, 4) is 0 Å². The van der Waals surface area contributed by atoms with Gasteiger partial charge in [0.1, 0.15) is 6.54 Å². The molecule has 3 amide bonds. The molecule has 3 rings (SSSR count). The first-order valence-corrected chi connectivity index (χ1v) is 14.6. The Morgan fingerprint density at radius 3 is 2.32 bits per heavy atom. The second kappa shape index (κ2) is 16.5. The third-order valence-electron chi connectivity index (χ3n) is 7.17. The van der Waals surface area contributed by atoms with Gasteiger partial charge in [-0.25, -0.2) is 0 Å². The predicted octanol–water partition coefficient (Wildman–Crippen LogP) is 3.67. The molecule has 1 aliphatic heterocycles. The lowest BCUT2D eigenvalue weighted by atomic mass is 10.0. The summed E-state index contributed by atoms with van der Waals surface area (Å²) in [5.41, 5.74) is 14.4. The van der Waals surface area contributed by atoms with E-state index < -0.39 is 5.97 Å². The van der Waals surface area contributed by atoms with E-state index in [0.29, 0.717) is 36.4 Å². The second-order valence-corrected chi connectivity index (χ2v) is 10.5. The number of carboxylic acid groups (broad SMARTS) is 1. The lowest BCUT2D eigenvalue weighted by molar-refractivity contribution is -0.137. The van der Waals surface area contributed by atoms with Crippen molar-refractivity contribution >= 4 is 35.1 Å². The number of benzene rings is 2. The van der Waals surface area contributed by atoms with Gasteiger partial charge in [0.05, 0.1) is 24.2 Å². The lowest BCUT2D eigenvalue weighted by Crippen LogP contribution is -2.40. The fourth-order valence-electron chi connectivity index (χ4n) is 4.94. The number of hydrogen-bond acceptors (Lipinski definition) is 6. The number of nitrogens with one attached hydrogen (secondary N) is 1. The highest BCUT2D eigenvalue weighted by Gasteiger charge is 2.32. The van der Waals surface area contributed by atoms with Crippen LogP contribution in [0, 0.1) is 0 Å². The fourth-order valence-corrected chi connectivity index (χ4v) is 4.94. The van der Waals surface area contributed by atoms with E-state index in [1.165, 1.54) is 4.90 Å². The Morgan fingerprint density at radius 1 is 0.854 bits per heavy atom. The summed E-state index contributed by atoms with van der Waals surface area (Å²) in [6, 6.07) is 12.9. The molecule has 0 saturated carbocycles. The van der Waals surface area contributed by atoms with Crippen LogP contribution < -0.4 is 21.7 Å². The first-order valence-electron chi connectivity index (χ1n) is 14.6. The molecule has 0 aromatic heterocycles. The molecule has 1 aliphatic rings. The summed E-state index contributed by atoms with van der Waals surface area (Å²) in [7, 11) is 0. The van der Waals surface area contributed by atoms with E-state index in [1.807, 2.05) is 36.4 Å². The number of anilines is 2. The Bertz CT molecular complexity index is 1200. The minimum absolute atomic E-state index is 0.0523. The number of aryl methyl sites for hydroxylation is 1. The summed E-state index contributed by atoms with van der Waals surface area (Å²) in [4.78, 5) is 53.5. The van der Waals surface area contributed by atoms with E-state index >= 15 is 0 Å². The van der Waals surface area contributed by atoms with Crippen LogP contribution in [-0.2, 0) is 27.3 Å². The predicted molar refractivity (Wildman–Crippen MR) is 160 cm³/mol. The van der Waals surface area contributed by atoms with Gasteiger partial charge in [-0.1, -0.05) is 37.5 Å². The van der Waals surface area contributed by atoms with Crippen LogP contribution in [0.1, 0.15) is 79.3 Å². The van der Waals surface area contributed by atoms with Gasteiger partial charge in [0.25, 0.3) is 5.91 Å². The zero-order valence-electron chi connectivity index (χ0n) is 23.8. The molecule has 0 radical (unpaired) electrons. The molecule has 0 spiro atoms. The average molecular weight is 566 g/mol. The maximum Gasteiger partial charge on any atom is 0.305 e. The van der Waals surface area contributed by atoms with E-state index in [2.05, 4.69) is 5.32 Å². The standard InChI is InChI=1S/C31H43N5O5/c32-16-6-2-1-4-9-23-13-14-27-26(20-23)31(41)35(18-15-30(39)40)22-29(38)36(27)21-24-10-8-11-25(19-24)34-28(37)12-5-3-7-17-33/h8,10-11,13-14,19-20H,1-7,9,12,15-18,21-22,32-33H2,(H,34,37)(H,39,40). The number of rotatable bonds is 17. The highest BCUT2D eigenvalue weighted by molar-refractivity contribution is 6.09. The molecule has 222 valence electrons. The second-order valence-electron chi connectivity index (χ2n) is 10.5. The molecule has 0 fully saturated rings. The highest BCUT2D eigenvalue weighted by Crippen LogP contribution is 2.30. The zero-order chi connectivity index (χ0) is 29.6. The Kier molecular flexibility index (Phi) is 12.8. The van der Waals surface area contributed by atoms with Crippen LogP contribution in [-0.4, -0.2) is 59.9 Å². The van der Waals surface area contributed by atoms with Crippen molar-refractivity contribution in [1.82, 2.24) is 4.90 Å². The third kappa shape index (κ3) is 9.98. The van der Waals surface area contributed by atoms with Gasteiger partial charge < -0.3 is 31.7 Å². The maximum atomic E-state index is 13.5. The minimum atomic E-state index is -1.03. The van der Waals surface area contributed by atoms with Crippen molar-refractivity contribution < 1.29 is 24.3 Å². The van der Waals surface area contributed by atoms with E-state index in [1.54, 1.807) is 11.0 Å². The van der Waals surface area contributed by atoms with Crippen LogP contribution >= 0.6 is 0 Å². The van der Waals surface area contributed by atoms with Gasteiger partial charge in [-0.3, -0.25) is 19.2 Å². The quantitative estimate of drug-likeness (QED) is 0.213. The summed E-state index contributed by atoms with van der Waals surface area (Å²) < 4.78 is 0. The van der Waals surface area contributed by atoms with Crippen molar-refractivity contribution in [2.45, 2.75) is 70.8 Å². The fraction of sp³-hybridized carbons (Fsp3) is 0.484. The molecule has 0 atom stereocenters. The number of carboxylic acids is 1. The molecular weight excluding hydrogens is 522 g/mol. The van der Waals surface area contributed by atoms with Gasteiger partial charge in [-0.2, -0.15) is 0 Å². The molecular formula is C31H43N5O5. The Labute approximate surface area is 242 Å². The molecule has 1 heterocycles. The van der Waals surface area contributed by atoms with Gasteiger partial charge in [-0.05, 0) is 80.6 Å². The van der Waals surface area contributed by atoms with Crippen molar-refractivity contribution in [3.63, 3.8) is 0 Å². The molecule has 2 aromatic rings. The number of carbonyl (C=O) groups excluding carboxylic acids is 3. The molecule has 0 bridgehead atoms. The Balaban J connectivity index is 1.81. The topological polar surface area (TPSA) is 159 Å². The summed E-state index contributed by atoms with van der Waals surface area (Å²) in [6.45, 7) is 1.22. The molecule has 0 unspecified atom stereocenters. The van der Waals surface area contributed by atoms with Crippen molar-refractivity contribution in [3.05, 3.63) is 59.2 Å². The van der Waals surface area contributed by atoms with Gasteiger partial charge in [0.2, 0.25) is 11.8 Å². The van der Waals surface area contributed by atoms with Gasteiger partial charge in [0.15, 0.2) is 0 Å². The summed E-state index contributed by atoms with van der Waals surface area (Å²) in [5.74, 6) is -1.76. The van der Waals surface area contributed by atoms with Crippen molar-refractivity contribution in [1.29, 1.82) is 0 Å². The first kappa shape index (κ1) is 31.8. The van der Waals surface area contributed by atoms with Crippen LogP contribution in [0.5, 0.6) is 0 Å². The number of unbranched alkanes of at least 4 members (excludes halogenated alkanes) is 5. The first-order chi connectivity index (χ1) is 19.8. The molecule has 0 saturated heterocycles. The summed E-state index contributed by atoms with van der Waals surface area (Å²) >= 11 is 0. The normalized spacial score (nSPS) is 13.2. The molecule has 10 nitrogen and oxygen atoms in total. The van der Waals surface area contributed by atoms with Gasteiger partial charge >= 0.3 is 5.97 Å². The Hall–Kier alpha value is -3.76. The maximum absolute atomic E-state index is 13.5. The molecule has 0 aliphatic carbocycles. The van der Waals surface area contributed by atoms with Gasteiger partial charge in [0, 0.05) is 18.7 Å². The van der Waals surface area contributed by atoms with Crippen LogP contribution in [0.15, 0.2) is 42.5 Å². The molecule has 2 aromatic carbocycles. The number of aliphatic carboxylic acids is 1. The van der Waals surface area contributed by atoms with Crippen molar-refractivity contribution in [2.75, 3.05) is 36.4 Å². The number of carbonyl (C=O) groups is 4. The highest BCUT2D eigenvalue weighted by atomic mass is 16.4. The Morgan fingerprint density at radius 2 is 1.59 bits per heavy atom. The lowest BCUT2D eigenvalue weighted by Gasteiger charge is -2.23. The number of fused-ring (bicyclic) bond motifs is 1. The number of hydrogen-bond donors (Lipinski definition) is 4. The van der Waals surface area contributed by atoms with E-state index in [0.717, 1.165) is 62.5 Å². The minimum Gasteiger partial charge on any atom is -0.481 e. The van der Waals surface area contributed by atoms with Gasteiger partial charge in [-0.15, -0.1) is 0 Å². The molecule has 6 N–H and O–H groups in total. The smallest absolute Gasteiger partial charge is 0.305 e. The largest absolute Gasteiger partial charge is 0.481 e. The van der Waals surface area contributed by atoms with Crippen LogP contribution in [0.3, 0.4) is 0 Å². The van der Waals surface area contributed by atoms with E-state index in [9.17, 15) is 24.3 Å². The van der Waals surface area contributed by atoms with Crippen LogP contribution in [0.25, 0.3) is 0 Å². The molecule has 41 heavy (non-hydrogen) atoms. The van der Waals surface area contributed by atoms with Crippen LogP contribution in [0.2, 0.25) is 0 Å². The SMILES string of the molecule is NCCCCCCc1ccc2c(c1)C(=O)N(CCC(=O)O)CC(=O)N2Cc1cccc(NC(=O)CCCCCN)c1. The molecule has 10 heteroatoms. The monoisotopic (exact) mass is 565 g/mol.